The Morgan fingerprint density at radius 2 is 1.84 bits per heavy atom. The van der Waals surface area contributed by atoms with Crippen molar-refractivity contribution in [2.24, 2.45) is 5.92 Å². The van der Waals surface area contributed by atoms with Crippen molar-refractivity contribution in [3.05, 3.63) is 35.4 Å². The number of nitrogens with zero attached hydrogens (tertiary/aromatic N) is 2. The summed E-state index contributed by atoms with van der Waals surface area (Å²) in [5.41, 5.74) is 2.48. The number of piperidine rings is 1. The minimum atomic E-state index is -0.142. The molecular formula is C21H33N3O. The van der Waals surface area contributed by atoms with Crippen molar-refractivity contribution in [1.29, 1.82) is 0 Å². The lowest BCUT2D eigenvalue weighted by atomic mass is 9.95. The Hall–Kier alpha value is -1.39. The maximum absolute atomic E-state index is 13.5. The number of aryl methyl sites for hydroxylation is 1. The monoisotopic (exact) mass is 343 g/mol. The molecule has 2 unspecified atom stereocenters. The largest absolute Gasteiger partial charge is 0.341 e. The predicted molar refractivity (Wildman–Crippen MR) is 103 cm³/mol. The van der Waals surface area contributed by atoms with Crippen LogP contribution in [0.15, 0.2) is 24.3 Å². The van der Waals surface area contributed by atoms with Gasteiger partial charge in [-0.1, -0.05) is 38.1 Å². The van der Waals surface area contributed by atoms with Crippen LogP contribution in [0.1, 0.15) is 50.8 Å². The zero-order chi connectivity index (χ0) is 17.8. The van der Waals surface area contributed by atoms with E-state index in [-0.39, 0.29) is 6.04 Å². The van der Waals surface area contributed by atoms with Crippen LogP contribution in [0.4, 0.5) is 0 Å². The summed E-state index contributed by atoms with van der Waals surface area (Å²) >= 11 is 0. The van der Waals surface area contributed by atoms with Gasteiger partial charge in [-0.25, -0.2) is 0 Å². The lowest BCUT2D eigenvalue weighted by Gasteiger charge is -2.42. The first-order valence-corrected chi connectivity index (χ1v) is 9.94. The molecule has 25 heavy (non-hydrogen) atoms. The van der Waals surface area contributed by atoms with Gasteiger partial charge in [0.15, 0.2) is 0 Å². The molecule has 2 atom stereocenters. The summed E-state index contributed by atoms with van der Waals surface area (Å²) in [6.07, 6.45) is 3.29. The van der Waals surface area contributed by atoms with Crippen molar-refractivity contribution < 1.29 is 4.79 Å². The van der Waals surface area contributed by atoms with Gasteiger partial charge >= 0.3 is 0 Å². The lowest BCUT2D eigenvalue weighted by Crippen LogP contribution is -2.55. The Morgan fingerprint density at radius 3 is 2.44 bits per heavy atom. The Balaban J connectivity index is 1.86. The molecule has 2 saturated heterocycles. The van der Waals surface area contributed by atoms with Crippen molar-refractivity contribution >= 4 is 5.91 Å². The number of carbonyl (C=O) groups is 1. The molecule has 2 fully saturated rings. The zero-order valence-electron chi connectivity index (χ0n) is 16.0. The second-order valence-electron chi connectivity index (χ2n) is 7.80. The summed E-state index contributed by atoms with van der Waals surface area (Å²) in [5.74, 6) is 1.04. The molecule has 0 aromatic heterocycles. The summed E-state index contributed by atoms with van der Waals surface area (Å²) in [6.45, 7) is 11.3. The van der Waals surface area contributed by atoms with E-state index >= 15 is 0 Å². The second kappa shape index (κ2) is 8.33. The summed E-state index contributed by atoms with van der Waals surface area (Å²) in [5, 5.41) is 3.45. The van der Waals surface area contributed by atoms with Gasteiger partial charge in [-0.15, -0.1) is 0 Å². The van der Waals surface area contributed by atoms with E-state index in [1.54, 1.807) is 0 Å². The van der Waals surface area contributed by atoms with E-state index in [0.717, 1.165) is 63.5 Å². The van der Waals surface area contributed by atoms with Crippen LogP contribution in [0.3, 0.4) is 0 Å². The minimum Gasteiger partial charge on any atom is -0.341 e. The van der Waals surface area contributed by atoms with E-state index in [2.05, 4.69) is 60.2 Å². The van der Waals surface area contributed by atoms with Crippen LogP contribution in [-0.4, -0.2) is 54.5 Å². The van der Waals surface area contributed by atoms with Crippen LogP contribution in [0.5, 0.6) is 0 Å². The van der Waals surface area contributed by atoms with E-state index < -0.39 is 0 Å². The Labute approximate surface area is 152 Å². The Bertz CT molecular complexity index is 563. The van der Waals surface area contributed by atoms with Crippen LogP contribution in [0.25, 0.3) is 0 Å². The van der Waals surface area contributed by atoms with Gasteiger partial charge in [0.2, 0.25) is 5.91 Å². The third-order valence-corrected chi connectivity index (χ3v) is 5.92. The quantitative estimate of drug-likeness (QED) is 0.913. The SMILES string of the molecule is CCc1ccc(C(C(=O)N2CCC(C)CC2)N2CCNCC2C)cc1. The molecule has 2 heterocycles. The molecule has 0 aliphatic carbocycles. The first kappa shape index (κ1) is 18.4. The number of hydrogen-bond acceptors (Lipinski definition) is 3. The first-order valence-electron chi connectivity index (χ1n) is 9.94. The van der Waals surface area contributed by atoms with Crippen molar-refractivity contribution in [3.63, 3.8) is 0 Å². The highest BCUT2D eigenvalue weighted by molar-refractivity contribution is 5.83. The van der Waals surface area contributed by atoms with Gasteiger partial charge in [-0.3, -0.25) is 9.69 Å². The molecule has 0 bridgehead atoms. The molecule has 1 aromatic carbocycles. The highest BCUT2D eigenvalue weighted by atomic mass is 16.2. The van der Waals surface area contributed by atoms with Gasteiger partial charge in [0.05, 0.1) is 0 Å². The van der Waals surface area contributed by atoms with Crippen molar-refractivity contribution in [2.75, 3.05) is 32.7 Å². The fourth-order valence-corrected chi connectivity index (χ4v) is 4.05. The number of benzene rings is 1. The van der Waals surface area contributed by atoms with Crippen molar-refractivity contribution in [1.82, 2.24) is 15.1 Å². The van der Waals surface area contributed by atoms with E-state index in [4.69, 9.17) is 0 Å². The molecule has 1 amide bonds. The fraction of sp³-hybridized carbons (Fsp3) is 0.667. The van der Waals surface area contributed by atoms with E-state index in [1.807, 2.05) is 0 Å². The number of piperazine rings is 1. The fourth-order valence-electron chi connectivity index (χ4n) is 4.05. The maximum atomic E-state index is 13.5. The smallest absolute Gasteiger partial charge is 0.244 e. The maximum Gasteiger partial charge on any atom is 0.244 e. The summed E-state index contributed by atoms with van der Waals surface area (Å²) in [7, 11) is 0. The molecule has 1 N–H and O–H groups in total. The van der Waals surface area contributed by atoms with Gasteiger partial charge in [0, 0.05) is 38.8 Å². The molecule has 0 spiro atoms. The number of rotatable bonds is 4. The molecule has 2 aliphatic heterocycles. The zero-order valence-corrected chi connectivity index (χ0v) is 16.0. The molecule has 0 saturated carbocycles. The molecule has 4 nitrogen and oxygen atoms in total. The first-order chi connectivity index (χ1) is 12.1. The van der Waals surface area contributed by atoms with Gasteiger partial charge in [-0.05, 0) is 43.2 Å². The molecule has 1 aromatic rings. The number of hydrogen-bond donors (Lipinski definition) is 1. The number of amides is 1. The molecule has 0 radical (unpaired) electrons. The number of nitrogens with one attached hydrogen (secondary N) is 1. The van der Waals surface area contributed by atoms with Crippen LogP contribution in [0.2, 0.25) is 0 Å². The summed E-state index contributed by atoms with van der Waals surface area (Å²) in [4.78, 5) is 18.0. The molecule has 4 heteroatoms. The molecular weight excluding hydrogens is 310 g/mol. The molecule has 138 valence electrons. The van der Waals surface area contributed by atoms with E-state index in [9.17, 15) is 4.79 Å². The van der Waals surface area contributed by atoms with Crippen molar-refractivity contribution in [2.45, 2.75) is 52.1 Å². The predicted octanol–water partition coefficient (Wildman–Crippen LogP) is 2.84. The molecule has 3 rings (SSSR count). The highest BCUT2D eigenvalue weighted by Crippen LogP contribution is 2.28. The van der Waals surface area contributed by atoms with Crippen LogP contribution < -0.4 is 5.32 Å². The third kappa shape index (κ3) is 4.24. The number of carbonyl (C=O) groups excluding carboxylic acids is 1. The lowest BCUT2D eigenvalue weighted by molar-refractivity contribution is -0.140. The summed E-state index contributed by atoms with van der Waals surface area (Å²) < 4.78 is 0. The van der Waals surface area contributed by atoms with Gasteiger partial charge in [-0.2, -0.15) is 0 Å². The van der Waals surface area contributed by atoms with E-state index in [0.29, 0.717) is 11.9 Å². The third-order valence-electron chi connectivity index (χ3n) is 5.92. The van der Waals surface area contributed by atoms with Crippen LogP contribution in [-0.2, 0) is 11.2 Å². The second-order valence-corrected chi connectivity index (χ2v) is 7.80. The average Bonchev–Trinajstić information content (AvgIpc) is 2.64. The average molecular weight is 344 g/mol. The Kier molecular flexibility index (Phi) is 6.13. The summed E-state index contributed by atoms with van der Waals surface area (Å²) in [6, 6.07) is 8.93. The number of likely N-dealkylation sites (tertiary alicyclic amines) is 1. The van der Waals surface area contributed by atoms with Crippen LogP contribution >= 0.6 is 0 Å². The van der Waals surface area contributed by atoms with Gasteiger partial charge in [0.25, 0.3) is 0 Å². The Morgan fingerprint density at radius 1 is 1.16 bits per heavy atom. The van der Waals surface area contributed by atoms with Gasteiger partial charge in [0.1, 0.15) is 6.04 Å². The van der Waals surface area contributed by atoms with Gasteiger partial charge < -0.3 is 10.2 Å². The van der Waals surface area contributed by atoms with E-state index in [1.165, 1.54) is 5.56 Å². The normalized spacial score (nSPS) is 24.3. The highest BCUT2D eigenvalue weighted by Gasteiger charge is 2.35. The van der Waals surface area contributed by atoms with Crippen LogP contribution in [0, 0.1) is 5.92 Å². The minimum absolute atomic E-state index is 0.142. The van der Waals surface area contributed by atoms with Crippen molar-refractivity contribution in [3.8, 4) is 0 Å². The molecule has 2 aliphatic rings. The standard InChI is InChI=1S/C21H33N3O/c1-4-18-5-7-19(8-6-18)20(24-14-11-22-15-17(24)3)21(25)23-12-9-16(2)10-13-23/h5-8,16-17,20,22H,4,9-15H2,1-3H3. The topological polar surface area (TPSA) is 35.6 Å².